The number of carbonyl (C=O) groups is 2. The highest BCUT2D eigenvalue weighted by Crippen LogP contribution is 2.13. The summed E-state index contributed by atoms with van der Waals surface area (Å²) in [5.41, 5.74) is 0.880. The summed E-state index contributed by atoms with van der Waals surface area (Å²) in [6.45, 7) is 5.67. The number of ether oxygens (including phenoxy) is 1. The number of hydrogen-bond donors (Lipinski definition) is 2. The molecule has 0 fully saturated rings. The molecule has 0 bridgehead atoms. The zero-order valence-electron chi connectivity index (χ0n) is 14.0. The number of aromatic nitrogens is 2. The van der Waals surface area contributed by atoms with Gasteiger partial charge in [-0.25, -0.2) is 9.48 Å². The highest BCUT2D eigenvalue weighted by molar-refractivity contribution is 5.95. The number of anilines is 1. The Labute approximate surface area is 141 Å². The first-order valence-corrected chi connectivity index (χ1v) is 7.79. The summed E-state index contributed by atoms with van der Waals surface area (Å²) < 4.78 is 6.79. The molecule has 2 aromatic rings. The first-order valence-electron chi connectivity index (χ1n) is 7.79. The Balaban J connectivity index is 1.82. The third-order valence-electron chi connectivity index (χ3n) is 3.35. The molecule has 7 nitrogen and oxygen atoms in total. The van der Waals surface area contributed by atoms with Crippen LogP contribution in [0.2, 0.25) is 0 Å². The predicted octanol–water partition coefficient (Wildman–Crippen LogP) is 2.72. The van der Waals surface area contributed by atoms with E-state index < -0.39 is 12.1 Å². The number of rotatable bonds is 6. The average molecular weight is 330 g/mol. The third-order valence-corrected chi connectivity index (χ3v) is 3.35. The average Bonchev–Trinajstić information content (AvgIpc) is 3.02. The molecule has 0 aliphatic carbocycles. The van der Waals surface area contributed by atoms with E-state index in [4.69, 9.17) is 4.74 Å². The second-order valence-electron chi connectivity index (χ2n) is 5.67. The van der Waals surface area contributed by atoms with Gasteiger partial charge >= 0.3 is 6.09 Å². The van der Waals surface area contributed by atoms with Crippen molar-refractivity contribution in [2.24, 2.45) is 0 Å². The minimum Gasteiger partial charge on any atom is -0.445 e. The van der Waals surface area contributed by atoms with Crippen molar-refractivity contribution in [3.05, 3.63) is 48.2 Å². The van der Waals surface area contributed by atoms with Crippen molar-refractivity contribution in [2.45, 2.75) is 39.5 Å². The predicted molar refractivity (Wildman–Crippen MR) is 90.5 cm³/mol. The van der Waals surface area contributed by atoms with Crippen molar-refractivity contribution in [2.75, 3.05) is 5.32 Å². The molecule has 128 valence electrons. The maximum absolute atomic E-state index is 12.2. The van der Waals surface area contributed by atoms with Gasteiger partial charge in [-0.15, -0.1) is 0 Å². The lowest BCUT2D eigenvalue weighted by Crippen LogP contribution is -2.42. The number of amides is 2. The van der Waals surface area contributed by atoms with E-state index in [1.165, 1.54) is 0 Å². The standard InChI is InChI=1S/C17H22N4O3/c1-12(2)21-15(9-10-18-21)20-16(22)13(3)19-17(23)24-11-14-7-5-4-6-8-14/h4-10,12-13H,11H2,1-3H3,(H,19,23)(H,20,22)/t13-/m0/s1. The van der Waals surface area contributed by atoms with Gasteiger partial charge in [-0.05, 0) is 26.3 Å². The number of carbonyl (C=O) groups excluding carboxylic acids is 2. The van der Waals surface area contributed by atoms with E-state index in [0.717, 1.165) is 5.56 Å². The van der Waals surface area contributed by atoms with Crippen molar-refractivity contribution in [3.63, 3.8) is 0 Å². The molecule has 1 aromatic heterocycles. The molecular formula is C17H22N4O3. The molecule has 0 radical (unpaired) electrons. The Hall–Kier alpha value is -2.83. The van der Waals surface area contributed by atoms with Crippen LogP contribution in [0.25, 0.3) is 0 Å². The summed E-state index contributed by atoms with van der Waals surface area (Å²) in [6, 6.07) is 10.4. The molecule has 0 spiro atoms. The van der Waals surface area contributed by atoms with E-state index in [0.29, 0.717) is 5.82 Å². The van der Waals surface area contributed by atoms with Crippen LogP contribution in [0.15, 0.2) is 42.6 Å². The minimum absolute atomic E-state index is 0.120. The highest BCUT2D eigenvalue weighted by atomic mass is 16.5. The minimum atomic E-state index is -0.733. The monoisotopic (exact) mass is 330 g/mol. The molecule has 1 aromatic carbocycles. The van der Waals surface area contributed by atoms with E-state index in [1.807, 2.05) is 44.2 Å². The van der Waals surface area contributed by atoms with Crippen molar-refractivity contribution < 1.29 is 14.3 Å². The Kier molecular flexibility index (Phi) is 5.95. The van der Waals surface area contributed by atoms with E-state index in [1.54, 1.807) is 23.9 Å². The first kappa shape index (κ1) is 17.5. The second-order valence-corrected chi connectivity index (χ2v) is 5.67. The Morgan fingerprint density at radius 2 is 1.88 bits per heavy atom. The van der Waals surface area contributed by atoms with Crippen LogP contribution in [0.4, 0.5) is 10.6 Å². The molecule has 24 heavy (non-hydrogen) atoms. The lowest BCUT2D eigenvalue weighted by molar-refractivity contribution is -0.117. The lowest BCUT2D eigenvalue weighted by atomic mass is 10.2. The summed E-state index contributed by atoms with van der Waals surface area (Å²) in [7, 11) is 0. The van der Waals surface area contributed by atoms with Gasteiger partial charge < -0.3 is 15.4 Å². The molecule has 7 heteroatoms. The molecule has 2 amide bonds. The van der Waals surface area contributed by atoms with Crippen molar-refractivity contribution in [1.82, 2.24) is 15.1 Å². The summed E-state index contributed by atoms with van der Waals surface area (Å²) in [5, 5.41) is 9.39. The fourth-order valence-electron chi connectivity index (χ4n) is 2.07. The zero-order chi connectivity index (χ0) is 17.5. The summed E-state index contributed by atoms with van der Waals surface area (Å²) >= 11 is 0. The van der Waals surface area contributed by atoms with Gasteiger partial charge in [0.15, 0.2) is 0 Å². The summed E-state index contributed by atoms with van der Waals surface area (Å²) in [5.74, 6) is 0.246. The number of nitrogens with one attached hydrogen (secondary N) is 2. The van der Waals surface area contributed by atoms with Crippen LogP contribution in [0.5, 0.6) is 0 Å². The van der Waals surface area contributed by atoms with Gasteiger partial charge in [0.1, 0.15) is 18.5 Å². The Morgan fingerprint density at radius 3 is 2.54 bits per heavy atom. The number of nitrogens with zero attached hydrogens (tertiary/aromatic N) is 2. The summed E-state index contributed by atoms with van der Waals surface area (Å²) in [6.07, 6.45) is 0.973. The van der Waals surface area contributed by atoms with E-state index in [2.05, 4.69) is 15.7 Å². The molecule has 0 unspecified atom stereocenters. The molecule has 1 heterocycles. The van der Waals surface area contributed by atoms with E-state index >= 15 is 0 Å². The molecule has 2 N–H and O–H groups in total. The molecule has 0 aliphatic heterocycles. The van der Waals surface area contributed by atoms with Crippen LogP contribution in [-0.2, 0) is 16.1 Å². The molecule has 2 rings (SSSR count). The van der Waals surface area contributed by atoms with Gasteiger partial charge in [-0.1, -0.05) is 30.3 Å². The largest absolute Gasteiger partial charge is 0.445 e. The van der Waals surface area contributed by atoms with Gasteiger partial charge in [0.2, 0.25) is 5.91 Å². The number of hydrogen-bond acceptors (Lipinski definition) is 4. The van der Waals surface area contributed by atoms with Crippen molar-refractivity contribution in [1.29, 1.82) is 0 Å². The highest BCUT2D eigenvalue weighted by Gasteiger charge is 2.18. The van der Waals surface area contributed by atoms with Crippen molar-refractivity contribution in [3.8, 4) is 0 Å². The van der Waals surface area contributed by atoms with E-state index in [9.17, 15) is 9.59 Å². The second kappa shape index (κ2) is 8.14. The van der Waals surface area contributed by atoms with Crippen LogP contribution in [0, 0.1) is 0 Å². The van der Waals surface area contributed by atoms with Gasteiger partial charge in [-0.3, -0.25) is 4.79 Å². The molecule has 0 aliphatic rings. The first-order chi connectivity index (χ1) is 11.5. The van der Waals surface area contributed by atoms with Gasteiger partial charge in [0.25, 0.3) is 0 Å². The number of benzene rings is 1. The van der Waals surface area contributed by atoms with Crippen LogP contribution >= 0.6 is 0 Å². The zero-order valence-corrected chi connectivity index (χ0v) is 14.0. The molecule has 0 saturated heterocycles. The quantitative estimate of drug-likeness (QED) is 0.853. The molecule has 1 atom stereocenters. The van der Waals surface area contributed by atoms with Gasteiger partial charge in [-0.2, -0.15) is 5.10 Å². The SMILES string of the molecule is CC(C)n1nccc1NC(=O)[C@H](C)NC(=O)OCc1ccccc1. The smallest absolute Gasteiger partial charge is 0.408 e. The maximum Gasteiger partial charge on any atom is 0.408 e. The van der Waals surface area contributed by atoms with Crippen LogP contribution in [0.3, 0.4) is 0 Å². The molecular weight excluding hydrogens is 308 g/mol. The Bertz CT molecular complexity index is 682. The topological polar surface area (TPSA) is 85.3 Å². The normalized spacial score (nSPS) is 11.8. The van der Waals surface area contributed by atoms with Crippen LogP contribution < -0.4 is 10.6 Å². The van der Waals surface area contributed by atoms with Gasteiger partial charge in [0.05, 0.1) is 6.20 Å². The third kappa shape index (κ3) is 4.84. The number of alkyl carbamates (subject to hydrolysis) is 1. The van der Waals surface area contributed by atoms with Crippen molar-refractivity contribution >= 4 is 17.8 Å². The maximum atomic E-state index is 12.2. The van der Waals surface area contributed by atoms with Gasteiger partial charge in [0, 0.05) is 12.1 Å². The lowest BCUT2D eigenvalue weighted by Gasteiger charge is -2.16. The fraction of sp³-hybridized carbons (Fsp3) is 0.353. The fourth-order valence-corrected chi connectivity index (χ4v) is 2.07. The Morgan fingerprint density at radius 1 is 1.17 bits per heavy atom. The molecule has 0 saturated carbocycles. The van der Waals surface area contributed by atoms with E-state index in [-0.39, 0.29) is 18.6 Å². The van der Waals surface area contributed by atoms with Crippen LogP contribution in [0.1, 0.15) is 32.4 Å². The summed E-state index contributed by atoms with van der Waals surface area (Å²) in [4.78, 5) is 24.0. The van der Waals surface area contributed by atoms with Crippen LogP contribution in [-0.4, -0.2) is 27.8 Å².